The molecule has 0 saturated heterocycles. The molecule has 0 aromatic rings. The Balaban J connectivity index is 4.18. The largest absolute Gasteiger partial charge is 0.382 e. The second-order valence-corrected chi connectivity index (χ2v) is 2.77. The van der Waals surface area contributed by atoms with E-state index in [1.807, 2.05) is 0 Å². The molecule has 0 aliphatic carbocycles. The zero-order valence-corrected chi connectivity index (χ0v) is 7.96. The van der Waals surface area contributed by atoms with Crippen LogP contribution in [0.2, 0.25) is 0 Å². The number of aliphatic hydroxyl groups is 2. The zero-order chi connectivity index (χ0) is 9.72. The number of Topliss-reactive ketones (excluding diaryl/α,β-unsaturated/α-hetero) is 2. The third kappa shape index (κ3) is 3.14. The molecule has 0 aliphatic rings. The van der Waals surface area contributed by atoms with Gasteiger partial charge in [-0.2, -0.15) is 25.3 Å². The highest BCUT2D eigenvalue weighted by Crippen LogP contribution is 1.99. The van der Waals surface area contributed by atoms with E-state index in [1.54, 1.807) is 0 Å². The van der Waals surface area contributed by atoms with E-state index in [4.69, 9.17) is 10.2 Å². The van der Waals surface area contributed by atoms with Gasteiger partial charge in [-0.05, 0) is 0 Å². The standard InChI is InChI=1S/C6H10O4S2/c7-3(1-11)5(9)6(10)4(8)2-12/h5-6,9-12H,1-2H2. The van der Waals surface area contributed by atoms with E-state index in [1.165, 1.54) is 0 Å². The van der Waals surface area contributed by atoms with E-state index in [2.05, 4.69) is 25.3 Å². The van der Waals surface area contributed by atoms with Crippen LogP contribution in [0.5, 0.6) is 0 Å². The summed E-state index contributed by atoms with van der Waals surface area (Å²) in [6.45, 7) is 0. The number of aliphatic hydroxyl groups excluding tert-OH is 2. The fraction of sp³-hybridized carbons (Fsp3) is 0.667. The van der Waals surface area contributed by atoms with Crippen molar-refractivity contribution < 1.29 is 19.8 Å². The molecule has 0 saturated carbocycles. The van der Waals surface area contributed by atoms with Gasteiger partial charge in [0.2, 0.25) is 0 Å². The van der Waals surface area contributed by atoms with Crippen LogP contribution >= 0.6 is 25.3 Å². The van der Waals surface area contributed by atoms with Gasteiger partial charge in [0.1, 0.15) is 12.2 Å². The van der Waals surface area contributed by atoms with Crippen molar-refractivity contribution >= 4 is 36.8 Å². The van der Waals surface area contributed by atoms with Crippen molar-refractivity contribution in [2.45, 2.75) is 12.2 Å². The molecule has 0 aromatic carbocycles. The molecule has 0 amide bonds. The first-order valence-corrected chi connectivity index (χ1v) is 4.44. The quantitative estimate of drug-likeness (QED) is 0.426. The Bertz CT molecular complexity index is 162. The van der Waals surface area contributed by atoms with E-state index in [0.717, 1.165) is 0 Å². The van der Waals surface area contributed by atoms with E-state index in [0.29, 0.717) is 0 Å². The normalized spacial score (nSPS) is 15.3. The van der Waals surface area contributed by atoms with Crippen LogP contribution in [0.15, 0.2) is 0 Å². The summed E-state index contributed by atoms with van der Waals surface area (Å²) in [5, 5.41) is 18.0. The van der Waals surface area contributed by atoms with Crippen molar-refractivity contribution in [3.63, 3.8) is 0 Å². The maximum atomic E-state index is 10.7. The lowest BCUT2D eigenvalue weighted by atomic mass is 10.1. The van der Waals surface area contributed by atoms with Crippen LogP contribution in [0.25, 0.3) is 0 Å². The molecule has 4 nitrogen and oxygen atoms in total. The minimum Gasteiger partial charge on any atom is -0.382 e. The molecule has 0 aliphatic heterocycles. The van der Waals surface area contributed by atoms with Crippen LogP contribution in [-0.4, -0.2) is 45.5 Å². The lowest BCUT2D eigenvalue weighted by Gasteiger charge is -2.13. The van der Waals surface area contributed by atoms with Crippen LogP contribution in [0.3, 0.4) is 0 Å². The summed E-state index contributed by atoms with van der Waals surface area (Å²) in [5.41, 5.74) is 0. The average Bonchev–Trinajstić information content (AvgIpc) is 2.12. The maximum Gasteiger partial charge on any atom is 0.173 e. The predicted octanol–water partition coefficient (Wildman–Crippen LogP) is -1.29. The molecule has 6 heteroatoms. The van der Waals surface area contributed by atoms with Crippen molar-refractivity contribution in [1.29, 1.82) is 0 Å². The lowest BCUT2D eigenvalue weighted by Crippen LogP contribution is -2.40. The number of carbonyl (C=O) groups excluding carboxylic acids is 2. The van der Waals surface area contributed by atoms with E-state index in [-0.39, 0.29) is 11.5 Å². The molecular weight excluding hydrogens is 200 g/mol. The lowest BCUT2D eigenvalue weighted by molar-refractivity contribution is -0.140. The first-order valence-electron chi connectivity index (χ1n) is 3.17. The predicted molar refractivity (Wildman–Crippen MR) is 49.7 cm³/mol. The smallest absolute Gasteiger partial charge is 0.173 e. The molecule has 12 heavy (non-hydrogen) atoms. The molecule has 0 bridgehead atoms. The number of ketones is 2. The fourth-order valence-electron chi connectivity index (χ4n) is 0.539. The van der Waals surface area contributed by atoms with Gasteiger partial charge in [-0.25, -0.2) is 0 Å². The van der Waals surface area contributed by atoms with Crippen molar-refractivity contribution in [3.8, 4) is 0 Å². The van der Waals surface area contributed by atoms with E-state index >= 15 is 0 Å². The summed E-state index contributed by atoms with van der Waals surface area (Å²) >= 11 is 7.19. The second kappa shape index (κ2) is 5.58. The zero-order valence-electron chi connectivity index (χ0n) is 6.17. The summed E-state index contributed by atoms with van der Waals surface area (Å²) in [6, 6.07) is 0. The van der Waals surface area contributed by atoms with Gasteiger partial charge in [0.25, 0.3) is 0 Å². The van der Waals surface area contributed by atoms with Gasteiger partial charge in [-0.1, -0.05) is 0 Å². The Morgan fingerprint density at radius 2 is 1.25 bits per heavy atom. The number of thiol groups is 2. The van der Waals surface area contributed by atoms with Gasteiger partial charge in [0.05, 0.1) is 11.5 Å². The highest BCUT2D eigenvalue weighted by atomic mass is 32.1. The van der Waals surface area contributed by atoms with Gasteiger partial charge in [0, 0.05) is 0 Å². The Morgan fingerprint density at radius 3 is 1.42 bits per heavy atom. The Hall–Kier alpha value is -0.0400. The first kappa shape index (κ1) is 12.0. The molecular formula is C6H10O4S2. The van der Waals surface area contributed by atoms with Crippen molar-refractivity contribution in [2.24, 2.45) is 0 Å². The first-order chi connectivity index (χ1) is 5.54. The van der Waals surface area contributed by atoms with Crippen LogP contribution in [-0.2, 0) is 9.59 Å². The van der Waals surface area contributed by atoms with Crippen molar-refractivity contribution in [2.75, 3.05) is 11.5 Å². The number of hydrogen-bond acceptors (Lipinski definition) is 6. The minimum atomic E-state index is -1.68. The highest BCUT2D eigenvalue weighted by molar-refractivity contribution is 7.81. The topological polar surface area (TPSA) is 74.6 Å². The Labute approximate surface area is 80.8 Å². The highest BCUT2D eigenvalue weighted by Gasteiger charge is 2.27. The van der Waals surface area contributed by atoms with Gasteiger partial charge < -0.3 is 10.2 Å². The fourth-order valence-corrected chi connectivity index (χ4v) is 0.913. The van der Waals surface area contributed by atoms with E-state index < -0.39 is 23.8 Å². The number of carbonyl (C=O) groups is 2. The molecule has 0 spiro atoms. The molecule has 0 rings (SSSR count). The number of hydrogen-bond donors (Lipinski definition) is 4. The maximum absolute atomic E-state index is 10.7. The molecule has 0 aromatic heterocycles. The van der Waals surface area contributed by atoms with Gasteiger partial charge in [-0.15, -0.1) is 0 Å². The van der Waals surface area contributed by atoms with Crippen molar-refractivity contribution in [1.82, 2.24) is 0 Å². The SMILES string of the molecule is O=C(CS)C(O)C(O)C(=O)CS. The molecule has 70 valence electrons. The van der Waals surface area contributed by atoms with Gasteiger partial charge >= 0.3 is 0 Å². The molecule has 0 radical (unpaired) electrons. The monoisotopic (exact) mass is 210 g/mol. The second-order valence-electron chi connectivity index (χ2n) is 2.14. The molecule has 2 unspecified atom stereocenters. The molecule has 0 heterocycles. The van der Waals surface area contributed by atoms with Gasteiger partial charge in [-0.3, -0.25) is 9.59 Å². The minimum absolute atomic E-state index is 0.210. The summed E-state index contributed by atoms with van der Waals surface area (Å²) in [5.74, 6) is -1.78. The summed E-state index contributed by atoms with van der Waals surface area (Å²) in [7, 11) is 0. The summed E-state index contributed by atoms with van der Waals surface area (Å²) < 4.78 is 0. The van der Waals surface area contributed by atoms with Crippen LogP contribution < -0.4 is 0 Å². The van der Waals surface area contributed by atoms with Crippen LogP contribution in [0.1, 0.15) is 0 Å². The number of rotatable bonds is 5. The average molecular weight is 210 g/mol. The third-order valence-corrected chi connectivity index (χ3v) is 1.89. The summed E-state index contributed by atoms with van der Waals surface area (Å²) in [4.78, 5) is 21.4. The molecule has 2 N–H and O–H groups in total. The van der Waals surface area contributed by atoms with Crippen molar-refractivity contribution in [3.05, 3.63) is 0 Å². The summed E-state index contributed by atoms with van der Waals surface area (Å²) in [6.07, 6.45) is -3.36. The van der Waals surface area contributed by atoms with Crippen LogP contribution in [0.4, 0.5) is 0 Å². The Kier molecular flexibility index (Phi) is 5.56. The third-order valence-electron chi connectivity index (χ3n) is 1.27. The van der Waals surface area contributed by atoms with Crippen LogP contribution in [0, 0.1) is 0 Å². The Morgan fingerprint density at radius 1 is 1.00 bits per heavy atom. The van der Waals surface area contributed by atoms with E-state index in [9.17, 15) is 9.59 Å². The molecule has 2 atom stereocenters. The molecule has 0 fully saturated rings. The van der Waals surface area contributed by atoms with Gasteiger partial charge in [0.15, 0.2) is 11.6 Å².